The van der Waals surface area contributed by atoms with Gasteiger partial charge in [-0.1, -0.05) is 42.8 Å². The number of halogens is 1. The van der Waals surface area contributed by atoms with Crippen LogP contribution in [0.4, 0.5) is 0 Å². The molecule has 1 aromatic heterocycles. The van der Waals surface area contributed by atoms with E-state index in [-0.39, 0.29) is 11.7 Å². The maximum absolute atomic E-state index is 12.3. The first-order valence-electron chi connectivity index (χ1n) is 7.12. The van der Waals surface area contributed by atoms with Gasteiger partial charge in [0, 0.05) is 10.9 Å². The molecule has 4 heteroatoms. The Morgan fingerprint density at radius 1 is 1.14 bits per heavy atom. The first kappa shape index (κ1) is 14.7. The molecule has 0 bridgehead atoms. The van der Waals surface area contributed by atoms with E-state index in [1.165, 1.54) is 0 Å². The van der Waals surface area contributed by atoms with Gasteiger partial charge in [-0.3, -0.25) is 0 Å². The third-order valence-electron chi connectivity index (χ3n) is 3.85. The summed E-state index contributed by atoms with van der Waals surface area (Å²) in [5, 5.41) is 11.7. The summed E-state index contributed by atoms with van der Waals surface area (Å²) in [6.07, 6.45) is 0.665. The molecular weight excluding hydrogens is 300 g/mol. The molecular formula is C18H15ClO3. The lowest BCUT2D eigenvalue weighted by Crippen LogP contribution is -2.13. The van der Waals surface area contributed by atoms with Crippen LogP contribution in [0.3, 0.4) is 0 Å². The summed E-state index contributed by atoms with van der Waals surface area (Å²) in [7, 11) is 0. The zero-order chi connectivity index (χ0) is 15.7. The summed E-state index contributed by atoms with van der Waals surface area (Å²) in [5.41, 5.74) is 1.10. The van der Waals surface area contributed by atoms with E-state index in [2.05, 4.69) is 0 Å². The summed E-state index contributed by atoms with van der Waals surface area (Å²) in [5.74, 6) is -0.244. The fraction of sp³-hybridized carbons (Fsp3) is 0.167. The number of para-hydroxylation sites is 1. The highest BCUT2D eigenvalue weighted by atomic mass is 35.5. The third kappa shape index (κ3) is 2.48. The molecule has 0 amide bonds. The molecule has 1 N–H and O–H groups in total. The molecule has 0 spiro atoms. The van der Waals surface area contributed by atoms with Crippen molar-refractivity contribution in [1.29, 1.82) is 0 Å². The van der Waals surface area contributed by atoms with Crippen molar-refractivity contribution < 1.29 is 9.52 Å². The highest BCUT2D eigenvalue weighted by Gasteiger charge is 2.23. The smallest absolute Gasteiger partial charge is 0.343 e. The number of benzene rings is 2. The lowest BCUT2D eigenvalue weighted by Gasteiger charge is -2.16. The van der Waals surface area contributed by atoms with Gasteiger partial charge in [0.2, 0.25) is 0 Å². The van der Waals surface area contributed by atoms with Crippen LogP contribution in [-0.4, -0.2) is 5.11 Å². The highest BCUT2D eigenvalue weighted by molar-refractivity contribution is 6.30. The van der Waals surface area contributed by atoms with Gasteiger partial charge in [0.25, 0.3) is 0 Å². The van der Waals surface area contributed by atoms with Crippen molar-refractivity contribution in [3.63, 3.8) is 0 Å². The van der Waals surface area contributed by atoms with Crippen LogP contribution in [0.2, 0.25) is 5.02 Å². The molecule has 22 heavy (non-hydrogen) atoms. The van der Waals surface area contributed by atoms with Crippen molar-refractivity contribution in [2.75, 3.05) is 0 Å². The van der Waals surface area contributed by atoms with Gasteiger partial charge in [0.1, 0.15) is 11.3 Å². The van der Waals surface area contributed by atoms with Crippen LogP contribution in [0.5, 0.6) is 5.75 Å². The standard InChI is InChI=1S/C18H15ClO3/c1-2-13(11-7-9-12(19)10-8-11)16-17(20)14-5-3-4-6-15(14)22-18(16)21/h3-10,13,20H,2H2,1H3. The van der Waals surface area contributed by atoms with E-state index in [1.54, 1.807) is 36.4 Å². The van der Waals surface area contributed by atoms with Gasteiger partial charge >= 0.3 is 5.63 Å². The Balaban J connectivity index is 2.23. The molecule has 0 radical (unpaired) electrons. The van der Waals surface area contributed by atoms with Gasteiger partial charge in [-0.2, -0.15) is 0 Å². The zero-order valence-electron chi connectivity index (χ0n) is 12.0. The average molecular weight is 315 g/mol. The molecule has 1 atom stereocenters. The third-order valence-corrected chi connectivity index (χ3v) is 4.10. The number of hydrogen-bond donors (Lipinski definition) is 1. The van der Waals surface area contributed by atoms with E-state index in [0.717, 1.165) is 5.56 Å². The van der Waals surface area contributed by atoms with Crippen molar-refractivity contribution in [2.45, 2.75) is 19.3 Å². The predicted octanol–water partition coefficient (Wildman–Crippen LogP) is 4.69. The molecule has 0 fully saturated rings. The summed E-state index contributed by atoms with van der Waals surface area (Å²) in [4.78, 5) is 12.3. The SMILES string of the molecule is CCC(c1ccc(Cl)cc1)c1c(O)c2ccccc2oc1=O. The van der Waals surface area contributed by atoms with E-state index in [0.29, 0.717) is 28.0 Å². The second kappa shape index (κ2) is 5.85. The molecule has 3 rings (SSSR count). The fourth-order valence-corrected chi connectivity index (χ4v) is 2.88. The monoisotopic (exact) mass is 314 g/mol. The Kier molecular flexibility index (Phi) is 3.90. The molecule has 0 saturated carbocycles. The van der Waals surface area contributed by atoms with Gasteiger partial charge in [-0.15, -0.1) is 0 Å². The van der Waals surface area contributed by atoms with Crippen LogP contribution < -0.4 is 5.63 Å². The quantitative estimate of drug-likeness (QED) is 0.713. The van der Waals surface area contributed by atoms with Crippen molar-refractivity contribution in [3.05, 3.63) is 75.1 Å². The molecule has 2 aromatic carbocycles. The summed E-state index contributed by atoms with van der Waals surface area (Å²) in [6.45, 7) is 1.97. The van der Waals surface area contributed by atoms with Crippen molar-refractivity contribution in [2.24, 2.45) is 0 Å². The molecule has 112 valence electrons. The number of aromatic hydroxyl groups is 1. The number of hydrogen-bond acceptors (Lipinski definition) is 3. The Hall–Kier alpha value is -2.26. The average Bonchev–Trinajstić information content (AvgIpc) is 2.52. The van der Waals surface area contributed by atoms with Gasteiger partial charge in [-0.25, -0.2) is 4.79 Å². The van der Waals surface area contributed by atoms with Gasteiger partial charge in [0.05, 0.1) is 10.9 Å². The largest absolute Gasteiger partial charge is 0.507 e. The highest BCUT2D eigenvalue weighted by Crippen LogP contribution is 2.36. The fourth-order valence-electron chi connectivity index (χ4n) is 2.76. The van der Waals surface area contributed by atoms with Crippen LogP contribution >= 0.6 is 11.6 Å². The molecule has 0 aliphatic heterocycles. The molecule has 3 aromatic rings. The Labute approximate surface area is 132 Å². The van der Waals surface area contributed by atoms with Crippen molar-refractivity contribution in [3.8, 4) is 5.75 Å². The minimum atomic E-state index is -0.502. The Bertz CT molecular complexity index is 866. The van der Waals surface area contributed by atoms with E-state index >= 15 is 0 Å². The second-order valence-electron chi connectivity index (χ2n) is 5.16. The normalized spacial score (nSPS) is 12.5. The molecule has 3 nitrogen and oxygen atoms in total. The van der Waals surface area contributed by atoms with E-state index < -0.39 is 5.63 Å². The Morgan fingerprint density at radius 3 is 2.50 bits per heavy atom. The van der Waals surface area contributed by atoms with Crippen LogP contribution in [0.15, 0.2) is 57.7 Å². The van der Waals surface area contributed by atoms with Crippen molar-refractivity contribution in [1.82, 2.24) is 0 Å². The molecule has 0 saturated heterocycles. The van der Waals surface area contributed by atoms with Gasteiger partial charge in [-0.05, 0) is 36.2 Å². The maximum Gasteiger partial charge on any atom is 0.343 e. The second-order valence-corrected chi connectivity index (χ2v) is 5.60. The molecule has 0 aliphatic rings. The lowest BCUT2D eigenvalue weighted by molar-refractivity contribution is 0.450. The Morgan fingerprint density at radius 2 is 1.82 bits per heavy atom. The lowest BCUT2D eigenvalue weighted by atomic mass is 9.89. The predicted molar refractivity (Wildman–Crippen MR) is 87.7 cm³/mol. The molecule has 1 unspecified atom stereocenters. The zero-order valence-corrected chi connectivity index (χ0v) is 12.8. The minimum Gasteiger partial charge on any atom is -0.507 e. The van der Waals surface area contributed by atoms with E-state index in [4.69, 9.17) is 16.0 Å². The molecule has 0 aliphatic carbocycles. The first-order valence-corrected chi connectivity index (χ1v) is 7.49. The number of rotatable bonds is 3. The van der Waals surface area contributed by atoms with Crippen LogP contribution in [0.1, 0.15) is 30.4 Å². The maximum atomic E-state index is 12.3. The summed E-state index contributed by atoms with van der Waals surface area (Å²) < 4.78 is 5.36. The van der Waals surface area contributed by atoms with Crippen LogP contribution in [-0.2, 0) is 0 Å². The van der Waals surface area contributed by atoms with Gasteiger partial charge in [0.15, 0.2) is 0 Å². The van der Waals surface area contributed by atoms with Crippen LogP contribution in [0, 0.1) is 0 Å². The summed E-state index contributed by atoms with van der Waals surface area (Å²) in [6, 6.07) is 14.3. The van der Waals surface area contributed by atoms with E-state index in [9.17, 15) is 9.90 Å². The topological polar surface area (TPSA) is 50.4 Å². The van der Waals surface area contributed by atoms with Gasteiger partial charge < -0.3 is 9.52 Å². The van der Waals surface area contributed by atoms with E-state index in [1.807, 2.05) is 19.1 Å². The molecule has 1 heterocycles. The van der Waals surface area contributed by atoms with Crippen molar-refractivity contribution >= 4 is 22.6 Å². The first-order chi connectivity index (χ1) is 10.6. The van der Waals surface area contributed by atoms with Crippen LogP contribution in [0.25, 0.3) is 11.0 Å². The minimum absolute atomic E-state index is 0.00588. The summed E-state index contributed by atoms with van der Waals surface area (Å²) >= 11 is 5.92. The number of fused-ring (bicyclic) bond motifs is 1.